The van der Waals surface area contributed by atoms with Gasteiger partial charge in [0.1, 0.15) is 11.6 Å². The first kappa shape index (κ1) is 32.8. The second kappa shape index (κ2) is 13.3. The molecule has 0 saturated carbocycles. The summed E-state index contributed by atoms with van der Waals surface area (Å²) >= 11 is 0. The molecular formula is C46H40F2N2. The number of halogens is 2. The van der Waals surface area contributed by atoms with Crippen LogP contribution < -0.4 is 9.80 Å². The van der Waals surface area contributed by atoms with E-state index in [-0.39, 0.29) is 17.0 Å². The van der Waals surface area contributed by atoms with E-state index in [1.54, 1.807) is 24.3 Å². The zero-order chi connectivity index (χ0) is 35.0. The van der Waals surface area contributed by atoms with E-state index in [2.05, 4.69) is 63.2 Å². The van der Waals surface area contributed by atoms with Gasteiger partial charge in [-0.3, -0.25) is 0 Å². The summed E-state index contributed by atoms with van der Waals surface area (Å²) < 4.78 is 31.8. The van der Waals surface area contributed by atoms with E-state index < -0.39 is 0 Å². The van der Waals surface area contributed by atoms with Gasteiger partial charge in [-0.15, -0.1) is 0 Å². The van der Waals surface area contributed by atoms with E-state index >= 15 is 8.78 Å². The number of benzene rings is 8. The van der Waals surface area contributed by atoms with Crippen molar-refractivity contribution in [3.8, 4) is 0 Å². The Morgan fingerprint density at radius 1 is 0.420 bits per heavy atom. The molecule has 50 heavy (non-hydrogen) atoms. The molecule has 0 aliphatic carbocycles. The average Bonchev–Trinajstić information content (AvgIpc) is 3.14. The van der Waals surface area contributed by atoms with Crippen molar-refractivity contribution in [2.45, 2.75) is 40.0 Å². The zero-order valence-electron chi connectivity index (χ0n) is 29.1. The number of hydrogen-bond donors (Lipinski definition) is 0. The molecule has 8 rings (SSSR count). The molecule has 0 amide bonds. The second-order valence-electron chi connectivity index (χ2n) is 13.3. The Kier molecular flexibility index (Phi) is 8.71. The number of anilines is 6. The van der Waals surface area contributed by atoms with E-state index in [1.165, 1.54) is 17.7 Å². The van der Waals surface area contributed by atoms with Crippen molar-refractivity contribution in [1.82, 2.24) is 0 Å². The SMILES string of the molecule is CC.CC(C)(C)c1cc2ccc3c(N(c4ccccc4)c4ccccc4F)cc(N(c4ccccc4)c4ccccc4F)c4ccc(c1)c2c34. The molecule has 0 saturated heterocycles. The highest BCUT2D eigenvalue weighted by molar-refractivity contribution is 6.29. The van der Waals surface area contributed by atoms with Crippen LogP contribution >= 0.6 is 0 Å². The summed E-state index contributed by atoms with van der Waals surface area (Å²) in [5.74, 6) is -0.671. The normalized spacial score (nSPS) is 11.5. The molecule has 248 valence electrons. The first-order valence-corrected chi connectivity index (χ1v) is 17.2. The molecule has 0 fully saturated rings. The van der Waals surface area contributed by atoms with Crippen LogP contribution in [0.2, 0.25) is 0 Å². The van der Waals surface area contributed by atoms with Crippen molar-refractivity contribution in [3.05, 3.63) is 169 Å². The quantitative estimate of drug-likeness (QED) is 0.164. The Morgan fingerprint density at radius 3 is 1.22 bits per heavy atom. The van der Waals surface area contributed by atoms with Gasteiger partial charge in [-0.1, -0.05) is 132 Å². The van der Waals surface area contributed by atoms with Crippen molar-refractivity contribution < 1.29 is 8.78 Å². The summed E-state index contributed by atoms with van der Waals surface area (Å²) in [5, 5.41) is 6.39. The van der Waals surface area contributed by atoms with Crippen LogP contribution in [0, 0.1) is 11.6 Å². The Balaban J connectivity index is 0.00000193. The van der Waals surface area contributed by atoms with E-state index in [9.17, 15) is 0 Å². The molecule has 8 aromatic rings. The van der Waals surface area contributed by atoms with Gasteiger partial charge < -0.3 is 9.80 Å². The highest BCUT2D eigenvalue weighted by atomic mass is 19.1. The topological polar surface area (TPSA) is 6.48 Å². The van der Waals surface area contributed by atoms with Gasteiger partial charge in [0.2, 0.25) is 0 Å². The first-order chi connectivity index (χ1) is 24.3. The predicted molar refractivity (Wildman–Crippen MR) is 209 cm³/mol. The maximum atomic E-state index is 15.9. The predicted octanol–water partition coefficient (Wildman–Crippen LogP) is 14.1. The number of para-hydroxylation sites is 4. The van der Waals surface area contributed by atoms with Gasteiger partial charge in [0.05, 0.1) is 22.7 Å². The summed E-state index contributed by atoms with van der Waals surface area (Å²) in [4.78, 5) is 3.96. The summed E-state index contributed by atoms with van der Waals surface area (Å²) in [6, 6.07) is 48.8. The van der Waals surface area contributed by atoms with Crippen LogP contribution in [0.5, 0.6) is 0 Å². The van der Waals surface area contributed by atoms with E-state index in [4.69, 9.17) is 0 Å². The maximum Gasteiger partial charge on any atom is 0.147 e. The molecular weight excluding hydrogens is 619 g/mol. The van der Waals surface area contributed by atoms with Gasteiger partial charge in [-0.2, -0.15) is 0 Å². The molecule has 0 heterocycles. The van der Waals surface area contributed by atoms with E-state index in [0.717, 1.165) is 55.1 Å². The standard InChI is InChI=1S/C44H34F2N2.C2H6/c1-44(2,3)31-26-29-22-24-34-40(47(32-14-6-4-7-15-32)38-20-12-10-18-36(38)45)28-41(35-25-23-30(27-31)42(29)43(34)35)48(33-16-8-5-9-17-33)39-21-13-11-19-37(39)46;1-2/h4-28H,1-3H3;1-2H3. The third-order valence-corrected chi connectivity index (χ3v) is 9.24. The van der Waals surface area contributed by atoms with Crippen LogP contribution in [0.25, 0.3) is 32.3 Å². The molecule has 0 aliphatic heterocycles. The lowest BCUT2D eigenvalue weighted by molar-refractivity contribution is 0.591. The molecule has 0 N–H and O–H groups in total. The van der Waals surface area contributed by atoms with Crippen LogP contribution in [0.15, 0.2) is 152 Å². The molecule has 0 unspecified atom stereocenters. The largest absolute Gasteiger partial charge is 0.307 e. The molecule has 8 aromatic carbocycles. The van der Waals surface area contributed by atoms with E-state index in [0.29, 0.717) is 11.4 Å². The van der Waals surface area contributed by atoms with Crippen LogP contribution in [-0.2, 0) is 5.41 Å². The third-order valence-electron chi connectivity index (χ3n) is 9.24. The summed E-state index contributed by atoms with van der Waals surface area (Å²) in [6.45, 7) is 10.7. The monoisotopic (exact) mass is 658 g/mol. The van der Waals surface area contributed by atoms with Crippen molar-refractivity contribution >= 4 is 66.4 Å². The van der Waals surface area contributed by atoms with Crippen molar-refractivity contribution in [3.63, 3.8) is 0 Å². The van der Waals surface area contributed by atoms with Crippen LogP contribution in [-0.4, -0.2) is 0 Å². The first-order valence-electron chi connectivity index (χ1n) is 17.2. The Bertz CT molecular complexity index is 2260. The minimum Gasteiger partial charge on any atom is -0.307 e. The fraction of sp³-hybridized carbons (Fsp3) is 0.130. The molecule has 0 aliphatic rings. The van der Waals surface area contributed by atoms with Gasteiger partial charge in [-0.05, 0) is 81.7 Å². The lowest BCUT2D eigenvalue weighted by atomic mass is 9.83. The van der Waals surface area contributed by atoms with Crippen LogP contribution in [0.1, 0.15) is 40.2 Å². The molecule has 4 heteroatoms. The maximum absolute atomic E-state index is 15.9. The van der Waals surface area contributed by atoms with Gasteiger partial charge in [0.15, 0.2) is 0 Å². The Morgan fingerprint density at radius 2 is 0.820 bits per heavy atom. The zero-order valence-corrected chi connectivity index (χ0v) is 29.1. The fourth-order valence-electron chi connectivity index (χ4n) is 6.92. The third kappa shape index (κ3) is 5.71. The molecule has 0 atom stereocenters. The second-order valence-corrected chi connectivity index (χ2v) is 13.3. The fourth-order valence-corrected chi connectivity index (χ4v) is 6.92. The average molecular weight is 659 g/mol. The number of nitrogens with zero attached hydrogens (tertiary/aromatic N) is 2. The summed E-state index contributed by atoms with van der Waals surface area (Å²) in [7, 11) is 0. The lowest BCUT2D eigenvalue weighted by Gasteiger charge is -2.32. The number of rotatable bonds is 6. The molecule has 0 spiro atoms. The minimum absolute atomic E-state index is 0.0370. The van der Waals surface area contributed by atoms with E-state index in [1.807, 2.05) is 96.4 Å². The molecule has 2 nitrogen and oxygen atoms in total. The number of hydrogen-bond acceptors (Lipinski definition) is 2. The smallest absolute Gasteiger partial charge is 0.147 e. The summed E-state index contributed by atoms with van der Waals surface area (Å²) in [5.41, 5.74) is 5.29. The van der Waals surface area contributed by atoms with Crippen LogP contribution in [0.3, 0.4) is 0 Å². The lowest BCUT2D eigenvalue weighted by Crippen LogP contribution is -2.16. The molecule has 0 radical (unpaired) electrons. The molecule has 0 aromatic heterocycles. The Labute approximate surface area is 293 Å². The van der Waals surface area contributed by atoms with Gasteiger partial charge >= 0.3 is 0 Å². The molecule has 0 bridgehead atoms. The van der Waals surface area contributed by atoms with Crippen molar-refractivity contribution in [1.29, 1.82) is 0 Å². The van der Waals surface area contributed by atoms with Gasteiger partial charge in [0.25, 0.3) is 0 Å². The van der Waals surface area contributed by atoms with Crippen molar-refractivity contribution in [2.24, 2.45) is 0 Å². The van der Waals surface area contributed by atoms with Crippen molar-refractivity contribution in [2.75, 3.05) is 9.80 Å². The van der Waals surface area contributed by atoms with Crippen LogP contribution in [0.4, 0.5) is 42.9 Å². The highest BCUT2D eigenvalue weighted by Gasteiger charge is 2.27. The van der Waals surface area contributed by atoms with Gasteiger partial charge in [-0.25, -0.2) is 8.78 Å². The summed E-state index contributed by atoms with van der Waals surface area (Å²) in [6.07, 6.45) is 0. The minimum atomic E-state index is -0.336. The highest BCUT2D eigenvalue weighted by Crippen LogP contribution is 2.51. The van der Waals surface area contributed by atoms with Gasteiger partial charge in [0, 0.05) is 27.5 Å². The Hall–Kier alpha value is -5.74.